The fourth-order valence-corrected chi connectivity index (χ4v) is 2.05. The van der Waals surface area contributed by atoms with Gasteiger partial charge in [-0.15, -0.1) is 0 Å². The maximum absolute atomic E-state index is 12.0. The van der Waals surface area contributed by atoms with Gasteiger partial charge in [0.1, 0.15) is 12.9 Å². The lowest BCUT2D eigenvalue weighted by atomic mass is 10.1. The molecule has 0 spiro atoms. The van der Waals surface area contributed by atoms with Crippen molar-refractivity contribution < 1.29 is 28.5 Å². The summed E-state index contributed by atoms with van der Waals surface area (Å²) < 4.78 is 20.9. The lowest BCUT2D eigenvalue weighted by molar-refractivity contribution is -0.143. The largest absolute Gasteiger partial charge is 0.489 e. The van der Waals surface area contributed by atoms with Crippen LogP contribution in [0.4, 0.5) is 0 Å². The van der Waals surface area contributed by atoms with Gasteiger partial charge in [0, 0.05) is 6.42 Å². The molecule has 1 aliphatic rings. The van der Waals surface area contributed by atoms with Gasteiger partial charge in [-0.3, -0.25) is 0 Å². The predicted molar refractivity (Wildman–Crippen MR) is 85.3 cm³/mol. The van der Waals surface area contributed by atoms with Crippen molar-refractivity contribution in [3.05, 3.63) is 59.2 Å². The van der Waals surface area contributed by atoms with Crippen molar-refractivity contribution in [1.82, 2.24) is 0 Å². The van der Waals surface area contributed by atoms with E-state index in [1.165, 1.54) is 6.26 Å². The van der Waals surface area contributed by atoms with Crippen LogP contribution in [0.1, 0.15) is 25.8 Å². The number of ether oxygens (including phenoxy) is 4. The average molecular weight is 332 g/mol. The molecule has 0 radical (unpaired) electrons. The van der Waals surface area contributed by atoms with Crippen LogP contribution in [-0.4, -0.2) is 25.2 Å². The Labute approximate surface area is 140 Å². The molecule has 128 valence electrons. The molecule has 0 N–H and O–H groups in total. The normalized spacial score (nSPS) is 13.7. The Morgan fingerprint density at radius 1 is 1.04 bits per heavy atom. The molecule has 0 unspecified atom stereocenters. The molecule has 6 heteroatoms. The van der Waals surface area contributed by atoms with Gasteiger partial charge < -0.3 is 18.9 Å². The summed E-state index contributed by atoms with van der Waals surface area (Å²) in [6.07, 6.45) is 1.32. The Hall–Kier alpha value is -2.76. The molecular weight excluding hydrogens is 312 g/mol. The fourth-order valence-electron chi connectivity index (χ4n) is 2.05. The zero-order chi connectivity index (χ0) is 17.4. The Morgan fingerprint density at radius 2 is 1.71 bits per heavy atom. The third kappa shape index (κ3) is 4.62. The van der Waals surface area contributed by atoms with Crippen molar-refractivity contribution in [3.63, 3.8) is 0 Å². The minimum atomic E-state index is -0.625. The van der Waals surface area contributed by atoms with Crippen LogP contribution < -0.4 is 0 Å². The number of esters is 2. The van der Waals surface area contributed by atoms with Crippen molar-refractivity contribution in [2.24, 2.45) is 0 Å². The highest BCUT2D eigenvalue weighted by Crippen LogP contribution is 2.26. The first kappa shape index (κ1) is 17.6. The van der Waals surface area contributed by atoms with E-state index >= 15 is 0 Å². The summed E-state index contributed by atoms with van der Waals surface area (Å²) in [6, 6.07) is 9.48. The van der Waals surface area contributed by atoms with E-state index in [1.54, 1.807) is 13.8 Å². The summed E-state index contributed by atoms with van der Waals surface area (Å²) in [5.74, 6) is -0.912. The molecule has 0 aromatic heterocycles. The summed E-state index contributed by atoms with van der Waals surface area (Å²) in [5.41, 5.74) is 1.22. The molecule has 2 rings (SSSR count). The lowest BCUT2D eigenvalue weighted by Gasteiger charge is -2.19. The minimum absolute atomic E-state index is 0.0409. The summed E-state index contributed by atoms with van der Waals surface area (Å²) in [6.45, 7) is 4.13. The van der Waals surface area contributed by atoms with Crippen LogP contribution in [0.2, 0.25) is 0 Å². The van der Waals surface area contributed by atoms with Gasteiger partial charge in [0.05, 0.1) is 18.8 Å². The second-order valence-corrected chi connectivity index (χ2v) is 4.91. The number of hydrogen-bond donors (Lipinski definition) is 0. The van der Waals surface area contributed by atoms with E-state index in [9.17, 15) is 9.59 Å². The second kappa shape index (κ2) is 8.76. The van der Waals surface area contributed by atoms with Gasteiger partial charge in [0.2, 0.25) is 5.76 Å². The highest BCUT2D eigenvalue weighted by Gasteiger charge is 2.28. The van der Waals surface area contributed by atoms with Crippen molar-refractivity contribution in [2.75, 3.05) is 13.2 Å². The number of hydrogen-bond acceptors (Lipinski definition) is 6. The van der Waals surface area contributed by atoms with Gasteiger partial charge in [0.25, 0.3) is 0 Å². The third-order valence-electron chi connectivity index (χ3n) is 3.18. The average Bonchev–Trinajstić information content (AvgIpc) is 2.61. The molecule has 6 nitrogen and oxygen atoms in total. The molecule has 1 aliphatic heterocycles. The Kier molecular flexibility index (Phi) is 6.42. The van der Waals surface area contributed by atoms with E-state index in [0.717, 1.165) is 5.56 Å². The summed E-state index contributed by atoms with van der Waals surface area (Å²) in [7, 11) is 0. The molecule has 0 fully saturated rings. The molecule has 0 aliphatic carbocycles. The van der Waals surface area contributed by atoms with Crippen molar-refractivity contribution in [3.8, 4) is 0 Å². The molecule has 1 aromatic rings. The maximum Gasteiger partial charge on any atom is 0.377 e. The van der Waals surface area contributed by atoms with Crippen LogP contribution in [0.25, 0.3) is 0 Å². The lowest BCUT2D eigenvalue weighted by Crippen LogP contribution is -2.19. The minimum Gasteiger partial charge on any atom is -0.489 e. The fraction of sp³-hybridized carbons (Fsp3) is 0.333. The number of benzene rings is 1. The molecule has 1 aromatic carbocycles. The smallest absolute Gasteiger partial charge is 0.377 e. The van der Waals surface area contributed by atoms with Gasteiger partial charge in [-0.25, -0.2) is 9.59 Å². The summed E-state index contributed by atoms with van der Waals surface area (Å²) in [5, 5.41) is 0. The maximum atomic E-state index is 12.0. The third-order valence-corrected chi connectivity index (χ3v) is 3.18. The number of rotatable bonds is 7. The summed E-state index contributed by atoms with van der Waals surface area (Å²) in [4.78, 5) is 23.8. The van der Waals surface area contributed by atoms with Crippen LogP contribution in [-0.2, 0) is 35.1 Å². The highest BCUT2D eigenvalue weighted by atomic mass is 16.6. The summed E-state index contributed by atoms with van der Waals surface area (Å²) >= 11 is 0. The van der Waals surface area contributed by atoms with E-state index in [2.05, 4.69) is 0 Å². The van der Waals surface area contributed by atoms with Gasteiger partial charge in [-0.05, 0) is 19.4 Å². The van der Waals surface area contributed by atoms with Gasteiger partial charge in [-0.2, -0.15) is 0 Å². The van der Waals surface area contributed by atoms with Crippen LogP contribution in [0, 0.1) is 0 Å². The highest BCUT2D eigenvalue weighted by molar-refractivity contribution is 5.91. The first-order chi connectivity index (χ1) is 11.7. The molecule has 0 saturated carbocycles. The number of allylic oxidation sites excluding steroid dienone is 1. The SMILES string of the molecule is CCOC(=O)C1=COC(C(=O)OCC)=C(OCc2ccccc2)C1. The van der Waals surface area contributed by atoms with Crippen molar-refractivity contribution in [1.29, 1.82) is 0 Å². The standard InChI is InChI=1S/C18H20O6/c1-3-21-17(19)14-10-15(16(24-12-14)18(20)22-4-2)23-11-13-8-6-5-7-9-13/h5-9,12H,3-4,10-11H2,1-2H3. The Bertz CT molecular complexity index is 645. The van der Waals surface area contributed by atoms with Crippen LogP contribution in [0.15, 0.2) is 53.7 Å². The molecule has 24 heavy (non-hydrogen) atoms. The van der Waals surface area contributed by atoms with Crippen molar-refractivity contribution >= 4 is 11.9 Å². The molecular formula is C18H20O6. The van der Waals surface area contributed by atoms with E-state index in [0.29, 0.717) is 0 Å². The van der Waals surface area contributed by atoms with Gasteiger partial charge in [0.15, 0.2) is 5.76 Å². The van der Waals surface area contributed by atoms with E-state index < -0.39 is 11.9 Å². The van der Waals surface area contributed by atoms with Crippen LogP contribution >= 0.6 is 0 Å². The van der Waals surface area contributed by atoms with Crippen LogP contribution in [0.5, 0.6) is 0 Å². The Balaban J connectivity index is 2.14. The van der Waals surface area contributed by atoms with Crippen molar-refractivity contribution in [2.45, 2.75) is 26.9 Å². The monoisotopic (exact) mass is 332 g/mol. The predicted octanol–water partition coefficient (Wildman–Crippen LogP) is 2.85. The molecule has 0 atom stereocenters. The topological polar surface area (TPSA) is 71.1 Å². The molecule has 0 amide bonds. The number of carbonyl (C=O) groups excluding carboxylic acids is 2. The first-order valence-corrected chi connectivity index (χ1v) is 7.75. The quantitative estimate of drug-likeness (QED) is 0.715. The zero-order valence-corrected chi connectivity index (χ0v) is 13.7. The second-order valence-electron chi connectivity index (χ2n) is 4.91. The van der Waals surface area contributed by atoms with E-state index in [4.69, 9.17) is 18.9 Å². The zero-order valence-electron chi connectivity index (χ0n) is 13.7. The van der Waals surface area contributed by atoms with Crippen LogP contribution in [0.3, 0.4) is 0 Å². The number of carbonyl (C=O) groups is 2. The van der Waals surface area contributed by atoms with E-state index in [-0.39, 0.29) is 43.3 Å². The molecule has 0 saturated heterocycles. The first-order valence-electron chi connectivity index (χ1n) is 7.75. The van der Waals surface area contributed by atoms with Gasteiger partial charge in [-0.1, -0.05) is 30.3 Å². The molecule has 1 heterocycles. The van der Waals surface area contributed by atoms with Gasteiger partial charge >= 0.3 is 11.9 Å². The Morgan fingerprint density at radius 3 is 2.38 bits per heavy atom. The van der Waals surface area contributed by atoms with E-state index in [1.807, 2.05) is 30.3 Å². The molecule has 0 bridgehead atoms.